The van der Waals surface area contributed by atoms with Crippen LogP contribution in [0.2, 0.25) is 0 Å². The number of hydrogen-bond acceptors (Lipinski definition) is 3. The maximum atomic E-state index is 12.3. The standard InChI is InChI=1S/C15H16N2OS/c1-9-5-7-10(8-6-9)17-15(18)13-11-3-2-4-12(11)19-14(13)16/h5-8,12,16H,2-4H2,1H3,(H,17,18). The van der Waals surface area contributed by atoms with E-state index in [1.54, 1.807) is 0 Å². The molecule has 1 aliphatic heterocycles. The summed E-state index contributed by atoms with van der Waals surface area (Å²) >= 11 is 1.53. The molecule has 1 atom stereocenters. The van der Waals surface area contributed by atoms with Gasteiger partial charge in [0.2, 0.25) is 0 Å². The van der Waals surface area contributed by atoms with Crippen molar-refractivity contribution in [3.05, 3.63) is 41.0 Å². The van der Waals surface area contributed by atoms with E-state index < -0.39 is 0 Å². The number of nitrogens with one attached hydrogen (secondary N) is 2. The Morgan fingerprint density at radius 1 is 1.37 bits per heavy atom. The van der Waals surface area contributed by atoms with Gasteiger partial charge in [0.25, 0.3) is 5.91 Å². The topological polar surface area (TPSA) is 53.0 Å². The second kappa shape index (κ2) is 4.85. The molecule has 0 radical (unpaired) electrons. The number of thioether (sulfide) groups is 1. The molecule has 1 aromatic rings. The summed E-state index contributed by atoms with van der Waals surface area (Å²) in [5.41, 5.74) is 3.76. The zero-order valence-electron chi connectivity index (χ0n) is 10.8. The monoisotopic (exact) mass is 272 g/mol. The summed E-state index contributed by atoms with van der Waals surface area (Å²) in [6.07, 6.45) is 3.21. The molecule has 0 bridgehead atoms. The third-order valence-electron chi connectivity index (χ3n) is 3.65. The number of amides is 1. The van der Waals surface area contributed by atoms with Gasteiger partial charge in [0.1, 0.15) is 5.04 Å². The minimum atomic E-state index is -0.124. The molecule has 1 heterocycles. The molecule has 3 nitrogen and oxygen atoms in total. The van der Waals surface area contributed by atoms with Crippen molar-refractivity contribution in [2.24, 2.45) is 0 Å². The number of carbonyl (C=O) groups excluding carboxylic acids is 1. The first-order valence-electron chi connectivity index (χ1n) is 6.52. The van der Waals surface area contributed by atoms with Crippen molar-refractivity contribution in [2.75, 3.05) is 5.32 Å². The molecule has 98 valence electrons. The zero-order valence-corrected chi connectivity index (χ0v) is 11.6. The summed E-state index contributed by atoms with van der Waals surface area (Å²) in [6.45, 7) is 2.02. The average molecular weight is 272 g/mol. The molecule has 0 saturated heterocycles. The summed E-state index contributed by atoms with van der Waals surface area (Å²) in [7, 11) is 0. The number of rotatable bonds is 2. The molecule has 1 fully saturated rings. The van der Waals surface area contributed by atoms with Crippen molar-refractivity contribution >= 4 is 28.4 Å². The van der Waals surface area contributed by atoms with Crippen LogP contribution < -0.4 is 5.32 Å². The molecule has 1 amide bonds. The van der Waals surface area contributed by atoms with Crippen LogP contribution in [0.1, 0.15) is 24.8 Å². The number of fused-ring (bicyclic) bond motifs is 1. The van der Waals surface area contributed by atoms with Crippen LogP contribution in [0, 0.1) is 12.3 Å². The van der Waals surface area contributed by atoms with Crippen LogP contribution in [0.4, 0.5) is 5.69 Å². The Bertz CT molecular complexity index is 574. The fraction of sp³-hybridized carbons (Fsp3) is 0.333. The third kappa shape index (κ3) is 2.32. The molecule has 0 spiro atoms. The average Bonchev–Trinajstić information content (AvgIpc) is 2.91. The molecule has 1 unspecified atom stereocenters. The van der Waals surface area contributed by atoms with Crippen molar-refractivity contribution in [2.45, 2.75) is 31.4 Å². The summed E-state index contributed by atoms with van der Waals surface area (Å²) in [4.78, 5) is 12.3. The van der Waals surface area contributed by atoms with Gasteiger partial charge < -0.3 is 5.32 Å². The number of anilines is 1. The Labute approximate surface area is 117 Å². The number of carbonyl (C=O) groups is 1. The minimum absolute atomic E-state index is 0.124. The fourth-order valence-corrected chi connectivity index (χ4v) is 3.94. The smallest absolute Gasteiger partial charge is 0.258 e. The van der Waals surface area contributed by atoms with Crippen molar-refractivity contribution in [3.8, 4) is 0 Å². The van der Waals surface area contributed by atoms with E-state index in [4.69, 9.17) is 5.41 Å². The van der Waals surface area contributed by atoms with Crippen molar-refractivity contribution in [3.63, 3.8) is 0 Å². The Balaban J connectivity index is 1.82. The van der Waals surface area contributed by atoms with Gasteiger partial charge in [-0.1, -0.05) is 29.5 Å². The maximum Gasteiger partial charge on any atom is 0.258 e. The highest BCUT2D eigenvalue weighted by Gasteiger charge is 2.36. The second-order valence-corrected chi connectivity index (χ2v) is 6.26. The van der Waals surface area contributed by atoms with E-state index in [9.17, 15) is 4.79 Å². The molecular weight excluding hydrogens is 256 g/mol. The van der Waals surface area contributed by atoms with E-state index in [1.807, 2.05) is 31.2 Å². The molecule has 1 aromatic carbocycles. The summed E-state index contributed by atoms with van der Waals surface area (Å²) in [6, 6.07) is 7.74. The predicted octanol–water partition coefficient (Wildman–Crippen LogP) is 3.51. The Morgan fingerprint density at radius 3 is 2.84 bits per heavy atom. The van der Waals surface area contributed by atoms with Gasteiger partial charge in [-0.15, -0.1) is 0 Å². The van der Waals surface area contributed by atoms with Gasteiger partial charge in [0.15, 0.2) is 0 Å². The van der Waals surface area contributed by atoms with Crippen LogP contribution in [0.25, 0.3) is 0 Å². The minimum Gasteiger partial charge on any atom is -0.322 e. The first-order chi connectivity index (χ1) is 9.15. The maximum absolute atomic E-state index is 12.3. The number of benzene rings is 1. The largest absolute Gasteiger partial charge is 0.322 e. The number of hydrogen-bond donors (Lipinski definition) is 2. The van der Waals surface area contributed by atoms with Crippen molar-refractivity contribution < 1.29 is 4.79 Å². The molecule has 0 aromatic heterocycles. The molecule has 4 heteroatoms. The van der Waals surface area contributed by atoms with Crippen LogP contribution in [-0.2, 0) is 4.79 Å². The van der Waals surface area contributed by atoms with Gasteiger partial charge in [-0.2, -0.15) is 0 Å². The van der Waals surface area contributed by atoms with Gasteiger partial charge in [-0.05, 0) is 43.9 Å². The lowest BCUT2D eigenvalue weighted by molar-refractivity contribution is -0.112. The van der Waals surface area contributed by atoms with Crippen molar-refractivity contribution in [1.82, 2.24) is 0 Å². The third-order valence-corrected chi connectivity index (χ3v) is 4.89. The first-order valence-corrected chi connectivity index (χ1v) is 7.40. The molecule has 3 rings (SSSR count). The molecule has 1 saturated carbocycles. The summed E-state index contributed by atoms with van der Waals surface area (Å²) in [5.74, 6) is -0.124. The Kier molecular flexibility index (Phi) is 3.19. The SMILES string of the molecule is Cc1ccc(NC(=O)C2=C3CCCC3SC2=N)cc1. The van der Waals surface area contributed by atoms with Crippen LogP contribution >= 0.6 is 11.8 Å². The highest BCUT2D eigenvalue weighted by Crippen LogP contribution is 2.44. The predicted molar refractivity (Wildman–Crippen MR) is 79.8 cm³/mol. The molecule has 19 heavy (non-hydrogen) atoms. The highest BCUT2D eigenvalue weighted by atomic mass is 32.2. The van der Waals surface area contributed by atoms with E-state index in [0.717, 1.165) is 24.9 Å². The quantitative estimate of drug-likeness (QED) is 0.865. The fourth-order valence-electron chi connectivity index (χ4n) is 2.66. The summed E-state index contributed by atoms with van der Waals surface area (Å²) < 4.78 is 0. The van der Waals surface area contributed by atoms with Crippen LogP contribution in [-0.4, -0.2) is 16.2 Å². The zero-order chi connectivity index (χ0) is 13.4. The second-order valence-electron chi connectivity index (χ2n) is 5.05. The van der Waals surface area contributed by atoms with Crippen LogP contribution in [0.5, 0.6) is 0 Å². The normalized spacial score (nSPS) is 21.7. The Hall–Kier alpha value is -1.55. The van der Waals surface area contributed by atoms with Crippen LogP contribution in [0.3, 0.4) is 0 Å². The molecule has 1 aliphatic carbocycles. The molecular formula is C15H16N2OS. The van der Waals surface area contributed by atoms with Crippen molar-refractivity contribution in [1.29, 1.82) is 5.41 Å². The molecule has 2 N–H and O–H groups in total. The van der Waals surface area contributed by atoms with Gasteiger partial charge >= 0.3 is 0 Å². The van der Waals surface area contributed by atoms with Gasteiger partial charge in [0, 0.05) is 10.9 Å². The van der Waals surface area contributed by atoms with E-state index in [-0.39, 0.29) is 5.91 Å². The molecule has 2 aliphatic rings. The highest BCUT2D eigenvalue weighted by molar-refractivity contribution is 8.15. The number of aryl methyl sites for hydroxylation is 1. The van der Waals surface area contributed by atoms with E-state index >= 15 is 0 Å². The van der Waals surface area contributed by atoms with E-state index in [2.05, 4.69) is 5.32 Å². The Morgan fingerprint density at radius 2 is 2.11 bits per heavy atom. The van der Waals surface area contributed by atoms with Gasteiger partial charge in [-0.3, -0.25) is 10.2 Å². The van der Waals surface area contributed by atoms with Gasteiger partial charge in [0.05, 0.1) is 5.57 Å². The lowest BCUT2D eigenvalue weighted by Gasteiger charge is -2.07. The van der Waals surface area contributed by atoms with E-state index in [1.165, 1.54) is 22.9 Å². The summed E-state index contributed by atoms with van der Waals surface area (Å²) in [5, 5.41) is 11.7. The lowest BCUT2D eigenvalue weighted by Crippen LogP contribution is -2.18. The van der Waals surface area contributed by atoms with E-state index in [0.29, 0.717) is 15.9 Å². The first kappa shape index (κ1) is 12.5. The lowest BCUT2D eigenvalue weighted by atomic mass is 10.1. The van der Waals surface area contributed by atoms with Gasteiger partial charge in [-0.25, -0.2) is 0 Å². The van der Waals surface area contributed by atoms with Crippen LogP contribution in [0.15, 0.2) is 35.4 Å².